The van der Waals surface area contributed by atoms with Gasteiger partial charge in [-0.05, 0) is 25.1 Å². The van der Waals surface area contributed by atoms with E-state index in [1.165, 1.54) is 21.8 Å². The first-order valence-corrected chi connectivity index (χ1v) is 8.07. The minimum Gasteiger partial charge on any atom is -0.494 e. The summed E-state index contributed by atoms with van der Waals surface area (Å²) in [6.45, 7) is 1.94. The Morgan fingerprint density at radius 3 is 2.92 bits per heavy atom. The fraction of sp³-hybridized carbons (Fsp3) is 0.294. The van der Waals surface area contributed by atoms with Crippen LogP contribution in [-0.4, -0.2) is 37.0 Å². The van der Waals surface area contributed by atoms with Gasteiger partial charge in [0.05, 0.1) is 19.4 Å². The van der Waals surface area contributed by atoms with Crippen molar-refractivity contribution >= 4 is 22.6 Å². The summed E-state index contributed by atoms with van der Waals surface area (Å²) < 4.78 is 8.13. The highest BCUT2D eigenvalue weighted by Gasteiger charge is 2.12. The summed E-state index contributed by atoms with van der Waals surface area (Å²) in [6.07, 6.45) is 2.75. The minimum atomic E-state index is -0.384. The number of aliphatic hydroxyl groups excluding tert-OH is 1. The van der Waals surface area contributed by atoms with Crippen LogP contribution < -0.4 is 15.6 Å². The molecule has 9 nitrogen and oxygen atoms in total. The number of anilines is 1. The molecule has 0 spiro atoms. The number of aryl methyl sites for hydroxylation is 1. The fourth-order valence-electron chi connectivity index (χ4n) is 2.61. The van der Waals surface area contributed by atoms with Gasteiger partial charge in [-0.2, -0.15) is 5.10 Å². The molecule has 9 heteroatoms. The standard InChI is InChI=1S/C17H19N5O4/c1-3-26-14-5-4-12(6-11(14)9-23)20-15(24)8-22-10-18-16-13(17(22)25)7-19-21(16)2/h4-7,10,23H,3,8-9H2,1-2H3,(H,20,24). The number of aromatic nitrogens is 4. The van der Waals surface area contributed by atoms with Crippen molar-refractivity contribution in [2.24, 2.45) is 7.05 Å². The lowest BCUT2D eigenvalue weighted by atomic mass is 10.2. The topological polar surface area (TPSA) is 111 Å². The molecule has 2 aromatic heterocycles. The maximum absolute atomic E-state index is 12.4. The third-order valence-electron chi connectivity index (χ3n) is 3.85. The van der Waals surface area contributed by atoms with Gasteiger partial charge in [-0.3, -0.25) is 18.8 Å². The molecule has 0 saturated carbocycles. The van der Waals surface area contributed by atoms with E-state index in [4.69, 9.17) is 4.74 Å². The molecule has 3 aromatic rings. The molecule has 2 heterocycles. The highest BCUT2D eigenvalue weighted by atomic mass is 16.5. The van der Waals surface area contributed by atoms with E-state index in [2.05, 4.69) is 15.4 Å². The summed E-state index contributed by atoms with van der Waals surface area (Å²) in [5.41, 5.74) is 1.21. The molecular weight excluding hydrogens is 338 g/mol. The molecule has 0 unspecified atom stereocenters. The fourth-order valence-corrected chi connectivity index (χ4v) is 2.61. The zero-order valence-corrected chi connectivity index (χ0v) is 14.5. The van der Waals surface area contributed by atoms with Crippen LogP contribution in [0.25, 0.3) is 11.0 Å². The van der Waals surface area contributed by atoms with E-state index >= 15 is 0 Å². The zero-order valence-electron chi connectivity index (χ0n) is 14.5. The van der Waals surface area contributed by atoms with Crippen molar-refractivity contribution in [2.45, 2.75) is 20.1 Å². The Morgan fingerprint density at radius 1 is 1.38 bits per heavy atom. The van der Waals surface area contributed by atoms with E-state index in [-0.39, 0.29) is 24.6 Å². The second-order valence-electron chi connectivity index (χ2n) is 5.64. The summed E-state index contributed by atoms with van der Waals surface area (Å²) in [4.78, 5) is 28.8. The van der Waals surface area contributed by atoms with Crippen LogP contribution in [0.2, 0.25) is 0 Å². The number of nitrogens with zero attached hydrogens (tertiary/aromatic N) is 4. The smallest absolute Gasteiger partial charge is 0.264 e. The first kappa shape index (κ1) is 17.6. The van der Waals surface area contributed by atoms with Crippen molar-refractivity contribution < 1.29 is 14.6 Å². The van der Waals surface area contributed by atoms with Crippen LogP contribution in [0.5, 0.6) is 5.75 Å². The SMILES string of the molecule is CCOc1ccc(NC(=O)Cn2cnc3c(cnn3C)c2=O)cc1CO. The second kappa shape index (κ2) is 7.36. The Balaban J connectivity index is 1.77. The number of aliphatic hydroxyl groups is 1. The average molecular weight is 357 g/mol. The Bertz CT molecular complexity index is 1010. The van der Waals surface area contributed by atoms with Crippen molar-refractivity contribution in [1.29, 1.82) is 0 Å². The third-order valence-corrected chi connectivity index (χ3v) is 3.85. The van der Waals surface area contributed by atoms with Crippen molar-refractivity contribution in [1.82, 2.24) is 19.3 Å². The lowest BCUT2D eigenvalue weighted by molar-refractivity contribution is -0.116. The maximum atomic E-state index is 12.4. The molecular formula is C17H19N5O4. The molecule has 2 N–H and O–H groups in total. The number of carbonyl (C=O) groups excluding carboxylic acids is 1. The molecule has 0 saturated heterocycles. The van der Waals surface area contributed by atoms with Crippen LogP contribution in [0.4, 0.5) is 5.69 Å². The summed E-state index contributed by atoms with van der Waals surface area (Å²) in [5, 5.41) is 16.5. The Kier molecular flexibility index (Phi) is 4.99. The normalized spacial score (nSPS) is 10.9. The van der Waals surface area contributed by atoms with Crippen LogP contribution in [0.1, 0.15) is 12.5 Å². The maximum Gasteiger partial charge on any atom is 0.264 e. The summed E-state index contributed by atoms with van der Waals surface area (Å²) in [7, 11) is 1.69. The number of ether oxygens (including phenoxy) is 1. The molecule has 0 aliphatic carbocycles. The first-order chi connectivity index (χ1) is 12.5. The molecule has 0 atom stereocenters. The van der Waals surface area contributed by atoms with Crippen LogP contribution in [0.15, 0.2) is 35.5 Å². The van der Waals surface area contributed by atoms with Crippen LogP contribution in [0, 0.1) is 0 Å². The highest BCUT2D eigenvalue weighted by molar-refractivity contribution is 5.91. The van der Waals surface area contributed by atoms with Crippen molar-refractivity contribution in [3.05, 3.63) is 46.6 Å². The molecule has 3 rings (SSSR count). The van der Waals surface area contributed by atoms with Crippen molar-refractivity contribution in [3.8, 4) is 5.75 Å². The first-order valence-electron chi connectivity index (χ1n) is 8.07. The van der Waals surface area contributed by atoms with Gasteiger partial charge in [-0.15, -0.1) is 0 Å². The Labute approximate surface area is 148 Å². The quantitative estimate of drug-likeness (QED) is 0.670. The van der Waals surface area contributed by atoms with Crippen molar-refractivity contribution in [3.63, 3.8) is 0 Å². The second-order valence-corrected chi connectivity index (χ2v) is 5.64. The highest BCUT2D eigenvalue weighted by Crippen LogP contribution is 2.23. The number of rotatable bonds is 6. The molecule has 0 aliphatic heterocycles. The molecule has 0 radical (unpaired) electrons. The van der Waals surface area contributed by atoms with E-state index in [0.29, 0.717) is 34.6 Å². The van der Waals surface area contributed by atoms with E-state index < -0.39 is 0 Å². The van der Waals surface area contributed by atoms with Gasteiger partial charge in [0.1, 0.15) is 24.0 Å². The monoisotopic (exact) mass is 357 g/mol. The largest absolute Gasteiger partial charge is 0.494 e. The number of amides is 1. The van der Waals surface area contributed by atoms with Gasteiger partial charge in [0.15, 0.2) is 5.65 Å². The lowest BCUT2D eigenvalue weighted by Gasteiger charge is -2.12. The number of hydrogen-bond donors (Lipinski definition) is 2. The molecule has 0 fully saturated rings. The van der Waals surface area contributed by atoms with Gasteiger partial charge in [-0.1, -0.05) is 0 Å². The number of benzene rings is 1. The number of carbonyl (C=O) groups is 1. The lowest BCUT2D eigenvalue weighted by Crippen LogP contribution is -2.27. The van der Waals surface area contributed by atoms with Crippen LogP contribution >= 0.6 is 0 Å². The van der Waals surface area contributed by atoms with Gasteiger partial charge in [0.25, 0.3) is 5.56 Å². The van der Waals surface area contributed by atoms with E-state index in [1.807, 2.05) is 6.92 Å². The van der Waals surface area contributed by atoms with Crippen LogP contribution in [-0.2, 0) is 25.0 Å². The average Bonchev–Trinajstić information content (AvgIpc) is 3.00. The Hall–Kier alpha value is -3.20. The molecule has 136 valence electrons. The molecule has 1 amide bonds. The Morgan fingerprint density at radius 2 is 2.19 bits per heavy atom. The zero-order chi connectivity index (χ0) is 18.7. The summed E-state index contributed by atoms with van der Waals surface area (Å²) >= 11 is 0. The van der Waals surface area contributed by atoms with Gasteiger partial charge in [0.2, 0.25) is 5.91 Å². The number of nitrogens with one attached hydrogen (secondary N) is 1. The minimum absolute atomic E-state index is 0.182. The van der Waals surface area contributed by atoms with Crippen molar-refractivity contribution in [2.75, 3.05) is 11.9 Å². The predicted octanol–water partition coefficient (Wildman–Crippen LogP) is 0.660. The third kappa shape index (κ3) is 3.42. The van der Waals surface area contributed by atoms with Crippen LogP contribution in [0.3, 0.4) is 0 Å². The molecule has 0 aliphatic rings. The number of fused-ring (bicyclic) bond motifs is 1. The molecule has 1 aromatic carbocycles. The van der Waals surface area contributed by atoms with Gasteiger partial charge < -0.3 is 15.2 Å². The van der Waals surface area contributed by atoms with Gasteiger partial charge in [0, 0.05) is 18.3 Å². The van der Waals surface area contributed by atoms with E-state index in [1.54, 1.807) is 25.2 Å². The molecule has 0 bridgehead atoms. The van der Waals surface area contributed by atoms with Gasteiger partial charge >= 0.3 is 0 Å². The summed E-state index contributed by atoms with van der Waals surface area (Å²) in [5.74, 6) is 0.181. The predicted molar refractivity (Wildman–Crippen MR) is 94.9 cm³/mol. The number of hydrogen-bond acceptors (Lipinski definition) is 6. The van der Waals surface area contributed by atoms with Gasteiger partial charge in [-0.25, -0.2) is 4.98 Å². The summed E-state index contributed by atoms with van der Waals surface area (Å²) in [6, 6.07) is 4.99. The van der Waals surface area contributed by atoms with E-state index in [9.17, 15) is 14.7 Å². The molecule has 26 heavy (non-hydrogen) atoms. The van der Waals surface area contributed by atoms with E-state index in [0.717, 1.165) is 0 Å².